The smallest absolute Gasteiger partial charge is 0.233 e. The molecule has 78 valence electrons. The van der Waals surface area contributed by atoms with Gasteiger partial charge >= 0.3 is 0 Å². The van der Waals surface area contributed by atoms with Crippen molar-refractivity contribution < 1.29 is 12.8 Å². The Bertz CT molecular complexity index is 406. The van der Waals surface area contributed by atoms with Crippen LogP contribution in [0.25, 0.3) is 0 Å². The predicted molar refractivity (Wildman–Crippen MR) is 51.9 cm³/mol. The molecule has 0 aliphatic rings. The van der Waals surface area contributed by atoms with Crippen LogP contribution in [0.15, 0.2) is 18.2 Å². The summed E-state index contributed by atoms with van der Waals surface area (Å²) in [7, 11) is -3.38. The first-order valence-electron chi connectivity index (χ1n) is 4.16. The zero-order valence-electron chi connectivity index (χ0n) is 7.70. The van der Waals surface area contributed by atoms with Gasteiger partial charge in [0.2, 0.25) is 16.0 Å². The average Bonchev–Trinajstić information content (AvgIpc) is 2.02. The van der Waals surface area contributed by atoms with E-state index in [9.17, 15) is 12.8 Å². The fourth-order valence-electron chi connectivity index (χ4n) is 0.944. The maximum absolute atomic E-state index is 12.6. The summed E-state index contributed by atoms with van der Waals surface area (Å²) >= 11 is 0. The van der Waals surface area contributed by atoms with E-state index in [1.54, 1.807) is 6.92 Å². The average molecular weight is 218 g/mol. The van der Waals surface area contributed by atoms with E-state index in [1.807, 2.05) is 0 Å². The molecule has 0 spiro atoms. The van der Waals surface area contributed by atoms with Crippen molar-refractivity contribution in [1.29, 1.82) is 0 Å². The molecule has 0 saturated heterocycles. The first-order valence-corrected chi connectivity index (χ1v) is 5.82. The quantitative estimate of drug-likeness (QED) is 0.776. The summed E-state index contributed by atoms with van der Waals surface area (Å²) in [5.41, 5.74) is 0. The minimum Gasteiger partial charge on any atom is -0.267 e. The van der Waals surface area contributed by atoms with Crippen molar-refractivity contribution in [3.63, 3.8) is 0 Å². The number of halogens is 1. The molecule has 0 atom stereocenters. The largest absolute Gasteiger partial charge is 0.267 e. The third kappa shape index (κ3) is 3.29. The molecule has 0 aliphatic heterocycles. The van der Waals surface area contributed by atoms with Crippen LogP contribution in [-0.2, 0) is 10.0 Å². The fourth-order valence-corrected chi connectivity index (χ4v) is 2.02. The number of sulfonamides is 1. The predicted octanol–water partition coefficient (Wildman–Crippen LogP) is 1.37. The van der Waals surface area contributed by atoms with E-state index in [0.29, 0.717) is 6.42 Å². The molecular weight excluding hydrogens is 207 g/mol. The molecule has 4 nitrogen and oxygen atoms in total. The van der Waals surface area contributed by atoms with Crippen LogP contribution in [0.4, 0.5) is 10.2 Å². The van der Waals surface area contributed by atoms with Crippen molar-refractivity contribution in [2.75, 3.05) is 10.5 Å². The third-order valence-electron chi connectivity index (χ3n) is 1.45. The summed E-state index contributed by atoms with van der Waals surface area (Å²) < 4.78 is 37.2. The number of aromatic nitrogens is 1. The Morgan fingerprint density at radius 1 is 1.50 bits per heavy atom. The van der Waals surface area contributed by atoms with E-state index >= 15 is 0 Å². The molecule has 0 amide bonds. The van der Waals surface area contributed by atoms with Gasteiger partial charge in [-0.1, -0.05) is 13.0 Å². The number of pyridine rings is 1. The van der Waals surface area contributed by atoms with E-state index in [0.717, 1.165) is 6.07 Å². The molecule has 6 heteroatoms. The highest BCUT2D eigenvalue weighted by molar-refractivity contribution is 7.92. The standard InChI is InChI=1S/C8H11FN2O2S/c1-2-6-14(12,13)11-8-5-3-4-7(9)10-8/h3-5H,2,6H2,1H3,(H,10,11). The van der Waals surface area contributed by atoms with E-state index < -0.39 is 16.0 Å². The van der Waals surface area contributed by atoms with Gasteiger partial charge in [0, 0.05) is 0 Å². The number of rotatable bonds is 4. The van der Waals surface area contributed by atoms with Gasteiger partial charge in [-0.25, -0.2) is 13.4 Å². The molecule has 0 bridgehead atoms. The number of nitrogens with zero attached hydrogens (tertiary/aromatic N) is 1. The second kappa shape index (κ2) is 4.36. The van der Waals surface area contributed by atoms with Crippen molar-refractivity contribution in [1.82, 2.24) is 4.98 Å². The third-order valence-corrected chi connectivity index (χ3v) is 2.91. The number of hydrogen-bond acceptors (Lipinski definition) is 3. The lowest BCUT2D eigenvalue weighted by atomic mass is 10.5. The van der Waals surface area contributed by atoms with Crippen LogP contribution in [0, 0.1) is 5.95 Å². The summed E-state index contributed by atoms with van der Waals surface area (Å²) in [5, 5.41) is 0. The minimum atomic E-state index is -3.38. The van der Waals surface area contributed by atoms with Crippen LogP contribution in [-0.4, -0.2) is 19.2 Å². The van der Waals surface area contributed by atoms with E-state index in [2.05, 4.69) is 9.71 Å². The molecule has 0 unspecified atom stereocenters. The van der Waals surface area contributed by atoms with Gasteiger partial charge in [0.1, 0.15) is 5.82 Å². The minimum absolute atomic E-state index is 0.00515. The lowest BCUT2D eigenvalue weighted by Gasteiger charge is -2.04. The Hall–Kier alpha value is -1.17. The second-order valence-electron chi connectivity index (χ2n) is 2.77. The van der Waals surface area contributed by atoms with Gasteiger partial charge in [-0.3, -0.25) is 4.72 Å². The molecule has 1 N–H and O–H groups in total. The SMILES string of the molecule is CCCS(=O)(=O)Nc1cccc(F)n1. The Morgan fingerprint density at radius 3 is 2.79 bits per heavy atom. The van der Waals surface area contributed by atoms with Gasteiger partial charge < -0.3 is 0 Å². The van der Waals surface area contributed by atoms with E-state index in [1.165, 1.54) is 12.1 Å². The highest BCUT2D eigenvalue weighted by atomic mass is 32.2. The first-order chi connectivity index (χ1) is 6.53. The summed E-state index contributed by atoms with van der Waals surface area (Å²) in [4.78, 5) is 3.38. The zero-order valence-corrected chi connectivity index (χ0v) is 8.51. The topological polar surface area (TPSA) is 59.1 Å². The first kappa shape index (κ1) is 10.9. The molecule has 1 heterocycles. The van der Waals surface area contributed by atoms with Crippen molar-refractivity contribution in [3.8, 4) is 0 Å². The lowest BCUT2D eigenvalue weighted by Crippen LogP contribution is -2.17. The van der Waals surface area contributed by atoms with Crippen molar-refractivity contribution in [3.05, 3.63) is 24.1 Å². The van der Waals surface area contributed by atoms with Crippen LogP contribution >= 0.6 is 0 Å². The van der Waals surface area contributed by atoms with E-state index in [4.69, 9.17) is 0 Å². The maximum atomic E-state index is 12.6. The van der Waals surface area contributed by atoms with Crippen molar-refractivity contribution >= 4 is 15.8 Å². The molecule has 0 aliphatic carbocycles. The Morgan fingerprint density at radius 2 is 2.21 bits per heavy atom. The molecule has 1 aromatic rings. The van der Waals surface area contributed by atoms with Gasteiger partial charge in [0.05, 0.1) is 5.75 Å². The molecule has 1 rings (SSSR count). The van der Waals surface area contributed by atoms with Gasteiger partial charge in [0.15, 0.2) is 0 Å². The van der Waals surface area contributed by atoms with Crippen LogP contribution in [0.1, 0.15) is 13.3 Å². The Kier molecular flexibility index (Phi) is 3.40. The molecule has 0 fully saturated rings. The van der Waals surface area contributed by atoms with Gasteiger partial charge in [0.25, 0.3) is 0 Å². The van der Waals surface area contributed by atoms with Crippen molar-refractivity contribution in [2.24, 2.45) is 0 Å². The number of anilines is 1. The highest BCUT2D eigenvalue weighted by Gasteiger charge is 2.09. The number of nitrogens with one attached hydrogen (secondary N) is 1. The molecule has 0 saturated carbocycles. The molecule has 0 aromatic carbocycles. The normalized spacial score (nSPS) is 11.3. The lowest BCUT2D eigenvalue weighted by molar-refractivity contribution is 0.584. The zero-order chi connectivity index (χ0) is 10.6. The van der Waals surface area contributed by atoms with Gasteiger partial charge in [-0.2, -0.15) is 4.39 Å². The summed E-state index contributed by atoms with van der Waals surface area (Å²) in [5.74, 6) is -0.689. The highest BCUT2D eigenvalue weighted by Crippen LogP contribution is 2.06. The molecule has 14 heavy (non-hydrogen) atoms. The van der Waals surface area contributed by atoms with Gasteiger partial charge in [-0.15, -0.1) is 0 Å². The van der Waals surface area contributed by atoms with Crippen LogP contribution in [0.2, 0.25) is 0 Å². The number of hydrogen-bond donors (Lipinski definition) is 1. The summed E-state index contributed by atoms with van der Waals surface area (Å²) in [6.45, 7) is 1.75. The fraction of sp³-hybridized carbons (Fsp3) is 0.375. The van der Waals surface area contributed by atoms with Crippen LogP contribution in [0.3, 0.4) is 0 Å². The van der Waals surface area contributed by atoms with Crippen molar-refractivity contribution in [2.45, 2.75) is 13.3 Å². The molecule has 0 radical (unpaired) electrons. The second-order valence-corrected chi connectivity index (χ2v) is 4.61. The molecule has 1 aromatic heterocycles. The van der Waals surface area contributed by atoms with Gasteiger partial charge in [-0.05, 0) is 18.6 Å². The van der Waals surface area contributed by atoms with Crippen LogP contribution in [0.5, 0.6) is 0 Å². The monoisotopic (exact) mass is 218 g/mol. The summed E-state index contributed by atoms with van der Waals surface area (Å²) in [6.07, 6.45) is 0.505. The Labute approximate surface area is 82.2 Å². The van der Waals surface area contributed by atoms with E-state index in [-0.39, 0.29) is 11.6 Å². The summed E-state index contributed by atoms with van der Waals surface area (Å²) in [6, 6.07) is 3.94. The van der Waals surface area contributed by atoms with Crippen LogP contribution < -0.4 is 4.72 Å². The Balaban J connectivity index is 2.79. The maximum Gasteiger partial charge on any atom is 0.233 e. The molecular formula is C8H11FN2O2S.